The lowest BCUT2D eigenvalue weighted by atomic mass is 10.1. The Bertz CT molecular complexity index is 728. The summed E-state index contributed by atoms with van der Waals surface area (Å²) in [6, 6.07) is 11.9. The van der Waals surface area contributed by atoms with Crippen LogP contribution in [0.5, 0.6) is 5.75 Å². The predicted octanol–water partition coefficient (Wildman–Crippen LogP) is 3.23. The number of ether oxygens (including phenoxy) is 1. The van der Waals surface area contributed by atoms with Gasteiger partial charge >= 0.3 is 0 Å². The summed E-state index contributed by atoms with van der Waals surface area (Å²) in [7, 11) is 0. The molecule has 6 heteroatoms. The molecule has 0 aliphatic heterocycles. The van der Waals surface area contributed by atoms with Crippen LogP contribution in [-0.4, -0.2) is 17.4 Å². The van der Waals surface area contributed by atoms with Gasteiger partial charge in [0.15, 0.2) is 0 Å². The largest absolute Gasteiger partial charge is 0.494 e. The number of nitro groups is 1. The summed E-state index contributed by atoms with van der Waals surface area (Å²) < 4.78 is 5.41. The molecule has 2 aromatic carbocycles. The van der Waals surface area contributed by atoms with E-state index in [-0.39, 0.29) is 11.6 Å². The molecular weight excluding hydrogens is 296 g/mol. The number of benzene rings is 2. The number of nitro benzene ring substituents is 1. The molecular formula is C17H18N2O4. The van der Waals surface area contributed by atoms with E-state index in [0.29, 0.717) is 24.3 Å². The van der Waals surface area contributed by atoms with E-state index in [0.717, 1.165) is 11.3 Å². The summed E-state index contributed by atoms with van der Waals surface area (Å²) in [6.07, 6.45) is 0. The van der Waals surface area contributed by atoms with Gasteiger partial charge in [-0.3, -0.25) is 14.9 Å². The van der Waals surface area contributed by atoms with Crippen LogP contribution in [0.25, 0.3) is 0 Å². The highest BCUT2D eigenvalue weighted by molar-refractivity contribution is 5.96. The smallest absolute Gasteiger partial charge is 0.273 e. The van der Waals surface area contributed by atoms with Gasteiger partial charge in [0.1, 0.15) is 5.75 Å². The van der Waals surface area contributed by atoms with Crippen molar-refractivity contribution >= 4 is 11.6 Å². The number of nitrogens with one attached hydrogen (secondary N) is 1. The summed E-state index contributed by atoms with van der Waals surface area (Å²) in [6.45, 7) is 4.37. The van der Waals surface area contributed by atoms with Crippen molar-refractivity contribution in [3.8, 4) is 5.75 Å². The summed E-state index contributed by atoms with van der Waals surface area (Å²) in [5.41, 5.74) is 1.50. The normalized spacial score (nSPS) is 10.2. The molecule has 0 aromatic heterocycles. The molecule has 0 bridgehead atoms. The SMILES string of the molecule is CCOc1cccc(CNC(=O)c2cccc([N+](=O)[O-])c2C)c1. The average molecular weight is 314 g/mol. The Morgan fingerprint density at radius 1 is 1.26 bits per heavy atom. The molecule has 6 nitrogen and oxygen atoms in total. The fourth-order valence-electron chi connectivity index (χ4n) is 2.26. The maximum absolute atomic E-state index is 12.3. The van der Waals surface area contributed by atoms with Crippen LogP contribution in [0.2, 0.25) is 0 Å². The Hall–Kier alpha value is -2.89. The Balaban J connectivity index is 2.10. The fourth-order valence-corrected chi connectivity index (χ4v) is 2.26. The molecule has 0 aliphatic rings. The molecule has 2 aromatic rings. The van der Waals surface area contributed by atoms with Crippen molar-refractivity contribution in [1.82, 2.24) is 5.32 Å². The first-order chi connectivity index (χ1) is 11.0. The first kappa shape index (κ1) is 16.5. The number of nitrogens with zero attached hydrogens (tertiary/aromatic N) is 1. The van der Waals surface area contributed by atoms with Crippen LogP contribution < -0.4 is 10.1 Å². The second-order valence-electron chi connectivity index (χ2n) is 4.97. The van der Waals surface area contributed by atoms with Crippen LogP contribution in [0.15, 0.2) is 42.5 Å². The molecule has 0 unspecified atom stereocenters. The van der Waals surface area contributed by atoms with Crippen molar-refractivity contribution in [3.05, 3.63) is 69.3 Å². The van der Waals surface area contributed by atoms with Crippen molar-refractivity contribution in [1.29, 1.82) is 0 Å². The topological polar surface area (TPSA) is 81.5 Å². The van der Waals surface area contributed by atoms with Gasteiger partial charge in [0.2, 0.25) is 0 Å². The van der Waals surface area contributed by atoms with Gasteiger partial charge in [-0.15, -0.1) is 0 Å². The maximum Gasteiger partial charge on any atom is 0.273 e. The third-order valence-electron chi connectivity index (χ3n) is 3.41. The molecule has 0 heterocycles. The molecule has 0 radical (unpaired) electrons. The quantitative estimate of drug-likeness (QED) is 0.655. The Morgan fingerprint density at radius 3 is 2.70 bits per heavy atom. The predicted molar refractivity (Wildman–Crippen MR) is 86.6 cm³/mol. The van der Waals surface area contributed by atoms with Crippen LogP contribution in [0.4, 0.5) is 5.69 Å². The molecule has 2 rings (SSSR count). The Labute approximate surface area is 134 Å². The van der Waals surface area contributed by atoms with Gasteiger partial charge in [-0.1, -0.05) is 18.2 Å². The average Bonchev–Trinajstić information content (AvgIpc) is 2.53. The highest BCUT2D eigenvalue weighted by Crippen LogP contribution is 2.21. The third-order valence-corrected chi connectivity index (χ3v) is 3.41. The molecule has 0 atom stereocenters. The summed E-state index contributed by atoms with van der Waals surface area (Å²) in [5.74, 6) is 0.402. The standard InChI is InChI=1S/C17H18N2O4/c1-3-23-14-7-4-6-13(10-14)11-18-17(20)15-8-5-9-16(12(15)2)19(21)22/h4-10H,3,11H2,1-2H3,(H,18,20). The third kappa shape index (κ3) is 4.06. The number of rotatable bonds is 6. The van der Waals surface area contributed by atoms with E-state index in [4.69, 9.17) is 4.74 Å². The fraction of sp³-hybridized carbons (Fsp3) is 0.235. The number of carbonyl (C=O) groups is 1. The molecule has 120 valence electrons. The molecule has 0 fully saturated rings. The molecule has 23 heavy (non-hydrogen) atoms. The van der Waals surface area contributed by atoms with E-state index < -0.39 is 4.92 Å². The number of hydrogen-bond donors (Lipinski definition) is 1. The van der Waals surface area contributed by atoms with E-state index in [1.807, 2.05) is 31.2 Å². The van der Waals surface area contributed by atoms with Gasteiger partial charge in [0.05, 0.1) is 11.5 Å². The van der Waals surface area contributed by atoms with Gasteiger partial charge in [0.25, 0.3) is 11.6 Å². The van der Waals surface area contributed by atoms with Crippen molar-refractivity contribution in [2.75, 3.05) is 6.61 Å². The summed E-state index contributed by atoms with van der Waals surface area (Å²) in [5, 5.41) is 13.7. The van der Waals surface area contributed by atoms with Crippen LogP contribution in [0.3, 0.4) is 0 Å². The van der Waals surface area contributed by atoms with E-state index in [9.17, 15) is 14.9 Å². The second-order valence-corrected chi connectivity index (χ2v) is 4.97. The summed E-state index contributed by atoms with van der Waals surface area (Å²) >= 11 is 0. The van der Waals surface area contributed by atoms with Gasteiger partial charge in [-0.05, 0) is 37.6 Å². The monoisotopic (exact) mass is 314 g/mol. The Kier molecular flexibility index (Phi) is 5.30. The van der Waals surface area contributed by atoms with Crippen LogP contribution in [0.1, 0.15) is 28.4 Å². The van der Waals surface area contributed by atoms with E-state index in [1.165, 1.54) is 12.1 Å². The molecule has 0 spiro atoms. The maximum atomic E-state index is 12.3. The van der Waals surface area contributed by atoms with Gasteiger partial charge in [0, 0.05) is 23.7 Å². The minimum atomic E-state index is -0.488. The second kappa shape index (κ2) is 7.40. The number of amides is 1. The molecule has 1 N–H and O–H groups in total. The zero-order chi connectivity index (χ0) is 16.8. The lowest BCUT2D eigenvalue weighted by molar-refractivity contribution is -0.385. The van der Waals surface area contributed by atoms with Crippen molar-refractivity contribution in [2.45, 2.75) is 20.4 Å². The van der Waals surface area contributed by atoms with Crippen LogP contribution in [0, 0.1) is 17.0 Å². The number of hydrogen-bond acceptors (Lipinski definition) is 4. The zero-order valence-electron chi connectivity index (χ0n) is 13.0. The molecule has 0 saturated carbocycles. The van der Waals surface area contributed by atoms with Crippen LogP contribution in [-0.2, 0) is 6.54 Å². The molecule has 0 aliphatic carbocycles. The minimum absolute atomic E-state index is 0.0593. The minimum Gasteiger partial charge on any atom is -0.494 e. The van der Waals surface area contributed by atoms with Gasteiger partial charge in [-0.2, -0.15) is 0 Å². The van der Waals surface area contributed by atoms with Crippen molar-refractivity contribution < 1.29 is 14.5 Å². The number of carbonyl (C=O) groups excluding carboxylic acids is 1. The zero-order valence-corrected chi connectivity index (χ0v) is 13.0. The molecule has 1 amide bonds. The molecule has 0 saturated heterocycles. The highest BCUT2D eigenvalue weighted by Gasteiger charge is 2.17. The lowest BCUT2D eigenvalue weighted by Crippen LogP contribution is -2.23. The summed E-state index contributed by atoms with van der Waals surface area (Å²) in [4.78, 5) is 22.7. The van der Waals surface area contributed by atoms with E-state index in [1.54, 1.807) is 13.0 Å². The lowest BCUT2D eigenvalue weighted by Gasteiger charge is -2.09. The van der Waals surface area contributed by atoms with Crippen molar-refractivity contribution in [2.24, 2.45) is 0 Å². The highest BCUT2D eigenvalue weighted by atomic mass is 16.6. The van der Waals surface area contributed by atoms with Gasteiger partial charge in [-0.25, -0.2) is 0 Å². The van der Waals surface area contributed by atoms with E-state index >= 15 is 0 Å². The first-order valence-electron chi connectivity index (χ1n) is 7.27. The first-order valence-corrected chi connectivity index (χ1v) is 7.27. The van der Waals surface area contributed by atoms with Crippen LogP contribution >= 0.6 is 0 Å². The Morgan fingerprint density at radius 2 is 2.00 bits per heavy atom. The van der Waals surface area contributed by atoms with E-state index in [2.05, 4.69) is 5.32 Å². The van der Waals surface area contributed by atoms with Gasteiger partial charge < -0.3 is 10.1 Å². The van der Waals surface area contributed by atoms with Crippen molar-refractivity contribution in [3.63, 3.8) is 0 Å².